The van der Waals surface area contributed by atoms with Crippen molar-refractivity contribution in [2.24, 2.45) is 0 Å². The van der Waals surface area contributed by atoms with Gasteiger partial charge < -0.3 is 33.4 Å². The Kier molecular flexibility index (Phi) is 12.7. The lowest BCUT2D eigenvalue weighted by Gasteiger charge is -2.07. The van der Waals surface area contributed by atoms with Gasteiger partial charge in [0.15, 0.2) is 0 Å². The van der Waals surface area contributed by atoms with Crippen LogP contribution in [0.2, 0.25) is 5.15 Å². The Balaban J connectivity index is 0.000000211. The van der Waals surface area contributed by atoms with Crippen molar-refractivity contribution < 1.29 is 28.4 Å². The number of methoxy groups -OCH3 is 2. The zero-order valence-electron chi connectivity index (χ0n) is 21.4. The molecular weight excluding hydrogens is 516 g/mol. The van der Waals surface area contributed by atoms with Gasteiger partial charge in [-0.25, -0.2) is 15.0 Å². The maximum atomic E-state index is 11.5. The van der Waals surface area contributed by atoms with E-state index in [4.69, 9.17) is 40.0 Å². The summed E-state index contributed by atoms with van der Waals surface area (Å²) in [5.74, 6) is 1.40. The highest BCUT2D eigenvalue weighted by atomic mass is 35.5. The summed E-state index contributed by atoms with van der Waals surface area (Å²) < 4.78 is 31.4. The number of rotatable bonds is 14. The molecule has 204 valence electrons. The van der Waals surface area contributed by atoms with Crippen molar-refractivity contribution in [2.75, 3.05) is 67.1 Å². The molecule has 0 aliphatic carbocycles. The summed E-state index contributed by atoms with van der Waals surface area (Å²) >= 11 is 5.96. The largest absolute Gasteiger partial charge is 0.491 e. The van der Waals surface area contributed by atoms with Crippen molar-refractivity contribution in [3.8, 4) is 11.5 Å². The summed E-state index contributed by atoms with van der Waals surface area (Å²) in [4.78, 5) is 26.2. The Bertz CT molecular complexity index is 1320. The maximum absolute atomic E-state index is 11.5. The number of nitrogens with zero attached hydrogens (tertiary/aromatic N) is 3. The summed E-state index contributed by atoms with van der Waals surface area (Å²) in [6, 6.07) is 10.7. The van der Waals surface area contributed by atoms with Crippen LogP contribution in [0.1, 0.15) is 0 Å². The van der Waals surface area contributed by atoms with E-state index in [0.717, 1.165) is 16.7 Å². The fraction of sp³-hybridized carbons (Fsp3) is 0.385. The normalized spacial score (nSPS) is 10.8. The molecule has 0 aliphatic heterocycles. The fourth-order valence-electron chi connectivity index (χ4n) is 3.16. The van der Waals surface area contributed by atoms with Gasteiger partial charge in [0.1, 0.15) is 36.2 Å². The summed E-state index contributed by atoms with van der Waals surface area (Å²) in [7, 11) is 3.27. The third kappa shape index (κ3) is 9.51. The maximum Gasteiger partial charge on any atom is 0.258 e. The second-order valence-corrected chi connectivity index (χ2v) is 8.02. The molecule has 0 spiro atoms. The number of aromatic amines is 1. The first-order valence-corrected chi connectivity index (χ1v) is 12.3. The highest BCUT2D eigenvalue weighted by Crippen LogP contribution is 2.23. The van der Waals surface area contributed by atoms with Crippen LogP contribution in [0, 0.1) is 0 Å². The Morgan fingerprint density at radius 2 is 1.26 bits per heavy atom. The van der Waals surface area contributed by atoms with E-state index < -0.39 is 0 Å². The molecule has 4 rings (SSSR count). The van der Waals surface area contributed by atoms with Crippen molar-refractivity contribution >= 4 is 33.4 Å². The Morgan fingerprint density at radius 1 is 0.711 bits per heavy atom. The van der Waals surface area contributed by atoms with E-state index in [-0.39, 0.29) is 5.56 Å². The van der Waals surface area contributed by atoms with E-state index in [2.05, 4.69) is 19.9 Å². The van der Waals surface area contributed by atoms with Crippen molar-refractivity contribution in [1.29, 1.82) is 0 Å². The van der Waals surface area contributed by atoms with Gasteiger partial charge >= 0.3 is 0 Å². The zero-order valence-corrected chi connectivity index (χ0v) is 22.1. The summed E-state index contributed by atoms with van der Waals surface area (Å²) in [6.07, 6.45) is 2.81. The molecule has 0 radical (unpaired) electrons. The first-order valence-electron chi connectivity index (χ1n) is 11.9. The Hall–Kier alpha value is -3.35. The molecule has 0 fully saturated rings. The quantitative estimate of drug-likeness (QED) is 0.186. The van der Waals surface area contributed by atoms with Gasteiger partial charge in [-0.1, -0.05) is 11.6 Å². The number of nitrogens with one attached hydrogen (secondary N) is 1. The van der Waals surface area contributed by atoms with E-state index in [1.807, 2.05) is 18.2 Å². The van der Waals surface area contributed by atoms with Crippen LogP contribution < -0.4 is 15.0 Å². The van der Waals surface area contributed by atoms with Crippen molar-refractivity contribution in [1.82, 2.24) is 19.9 Å². The molecule has 12 heteroatoms. The third-order valence-electron chi connectivity index (χ3n) is 5.03. The van der Waals surface area contributed by atoms with Gasteiger partial charge in [-0.2, -0.15) is 0 Å². The molecule has 0 saturated heterocycles. The smallest absolute Gasteiger partial charge is 0.258 e. The minimum absolute atomic E-state index is 0.153. The molecule has 38 heavy (non-hydrogen) atoms. The molecule has 0 amide bonds. The number of hydrogen-bond acceptors (Lipinski definition) is 10. The molecular formula is C26H31ClN4O7. The van der Waals surface area contributed by atoms with E-state index in [0.29, 0.717) is 74.7 Å². The fourth-order valence-corrected chi connectivity index (χ4v) is 3.36. The number of fused-ring (bicyclic) bond motifs is 2. The first kappa shape index (κ1) is 29.2. The highest BCUT2D eigenvalue weighted by molar-refractivity contribution is 6.34. The predicted molar refractivity (Wildman–Crippen MR) is 143 cm³/mol. The van der Waals surface area contributed by atoms with Gasteiger partial charge in [0.05, 0.1) is 62.4 Å². The van der Waals surface area contributed by atoms with Gasteiger partial charge in [0.2, 0.25) is 0 Å². The van der Waals surface area contributed by atoms with Gasteiger partial charge in [0.25, 0.3) is 5.56 Å². The van der Waals surface area contributed by atoms with Gasteiger partial charge in [-0.05, 0) is 24.3 Å². The monoisotopic (exact) mass is 546 g/mol. The number of H-pyrrole nitrogens is 1. The molecule has 2 aromatic heterocycles. The molecule has 0 bridgehead atoms. The second-order valence-electron chi connectivity index (χ2n) is 7.66. The molecule has 2 aromatic carbocycles. The molecule has 11 nitrogen and oxygen atoms in total. The number of aromatic nitrogens is 4. The van der Waals surface area contributed by atoms with E-state index in [9.17, 15) is 4.79 Å². The second kappa shape index (κ2) is 16.5. The van der Waals surface area contributed by atoms with Crippen molar-refractivity contribution in [2.45, 2.75) is 0 Å². The minimum Gasteiger partial charge on any atom is -0.491 e. The number of ether oxygens (including phenoxy) is 6. The minimum atomic E-state index is -0.153. The lowest BCUT2D eigenvalue weighted by Crippen LogP contribution is -2.10. The van der Waals surface area contributed by atoms with Crippen LogP contribution in [0.5, 0.6) is 11.5 Å². The molecule has 1 N–H and O–H groups in total. The molecule has 0 unspecified atom stereocenters. The van der Waals surface area contributed by atoms with E-state index in [1.165, 1.54) is 12.7 Å². The van der Waals surface area contributed by atoms with Crippen LogP contribution in [0.4, 0.5) is 0 Å². The number of hydrogen-bond donors (Lipinski definition) is 1. The molecule has 2 heterocycles. The number of halogens is 1. The molecule has 4 aromatic rings. The predicted octanol–water partition coefficient (Wildman–Crippen LogP) is 3.29. The summed E-state index contributed by atoms with van der Waals surface area (Å²) in [5, 5.41) is 1.80. The van der Waals surface area contributed by atoms with Crippen molar-refractivity contribution in [3.63, 3.8) is 0 Å². The van der Waals surface area contributed by atoms with Crippen LogP contribution in [0.25, 0.3) is 21.8 Å². The zero-order chi connectivity index (χ0) is 27.0. The summed E-state index contributed by atoms with van der Waals surface area (Å²) in [5.41, 5.74) is 1.22. The number of benzene rings is 2. The standard InChI is InChI=1S/C13H15ClN2O3.C13H16N2O4/c1-17-4-5-18-6-7-19-10-2-3-11-12(8-10)15-9-16-13(11)14;1-17-4-5-18-6-7-19-10-2-3-11-12(8-10)14-9-15-13(11)16/h2-3,8-9H,4-7H2,1H3;2-3,8-9H,4-7H2,1H3,(H,14,15,16). The van der Waals surface area contributed by atoms with Crippen LogP contribution >= 0.6 is 11.6 Å². The lowest BCUT2D eigenvalue weighted by atomic mass is 10.2. The molecule has 0 aliphatic rings. The van der Waals surface area contributed by atoms with Gasteiger partial charge in [-0.3, -0.25) is 4.79 Å². The Morgan fingerprint density at radius 3 is 1.87 bits per heavy atom. The first-order chi connectivity index (χ1) is 18.6. The average molecular weight is 547 g/mol. The Labute approximate surface area is 225 Å². The van der Waals surface area contributed by atoms with Crippen LogP contribution in [-0.2, 0) is 18.9 Å². The molecule has 0 saturated carbocycles. The topological polar surface area (TPSA) is 127 Å². The SMILES string of the molecule is COCCOCCOc1ccc2c(=O)[nH]cnc2c1.COCCOCCOc1ccc2c(Cl)ncnc2c1. The average Bonchev–Trinajstić information content (AvgIpc) is 2.93. The highest BCUT2D eigenvalue weighted by Gasteiger charge is 2.03. The van der Waals surface area contributed by atoms with Crippen LogP contribution in [-0.4, -0.2) is 87.0 Å². The van der Waals surface area contributed by atoms with Crippen LogP contribution in [0.15, 0.2) is 53.8 Å². The lowest BCUT2D eigenvalue weighted by molar-refractivity contribution is 0.0544. The van der Waals surface area contributed by atoms with Gasteiger partial charge in [0, 0.05) is 31.7 Å². The molecule has 0 atom stereocenters. The van der Waals surface area contributed by atoms with E-state index in [1.54, 1.807) is 32.4 Å². The summed E-state index contributed by atoms with van der Waals surface area (Å²) in [6.45, 7) is 4.21. The van der Waals surface area contributed by atoms with Crippen LogP contribution in [0.3, 0.4) is 0 Å². The third-order valence-corrected chi connectivity index (χ3v) is 5.33. The van der Waals surface area contributed by atoms with Crippen molar-refractivity contribution in [3.05, 3.63) is 64.6 Å². The van der Waals surface area contributed by atoms with Gasteiger partial charge in [-0.15, -0.1) is 0 Å². The van der Waals surface area contributed by atoms with E-state index >= 15 is 0 Å².